The Balaban J connectivity index is 1.47. The van der Waals surface area contributed by atoms with E-state index in [0.29, 0.717) is 43.9 Å². The van der Waals surface area contributed by atoms with Crippen LogP contribution < -0.4 is 14.4 Å². The summed E-state index contributed by atoms with van der Waals surface area (Å²) in [5.74, 6) is 0.353. The molecule has 10 heteroatoms. The van der Waals surface area contributed by atoms with Gasteiger partial charge in [0.05, 0.1) is 29.8 Å². The van der Waals surface area contributed by atoms with Crippen molar-refractivity contribution in [2.24, 2.45) is 11.3 Å². The molecule has 8 nitrogen and oxygen atoms in total. The highest BCUT2D eigenvalue weighted by atomic mass is 35.5. The first-order valence-corrected chi connectivity index (χ1v) is 18.8. The van der Waals surface area contributed by atoms with Crippen LogP contribution in [0.5, 0.6) is 5.75 Å². The maximum Gasteiger partial charge on any atom is 0.264 e. The molecule has 4 aliphatic rings. The number of nitrogens with one attached hydrogen (secondary N) is 1. The Morgan fingerprint density at radius 1 is 1.04 bits per heavy atom. The maximum atomic E-state index is 13.5. The molecule has 46 heavy (non-hydrogen) atoms. The summed E-state index contributed by atoms with van der Waals surface area (Å²) >= 11 is 6.46. The number of methoxy groups -OCH3 is 2. The van der Waals surface area contributed by atoms with Crippen LogP contribution >= 0.6 is 11.6 Å². The zero-order valence-corrected chi connectivity index (χ0v) is 29.3. The number of ether oxygens (including phenoxy) is 3. The van der Waals surface area contributed by atoms with Gasteiger partial charge < -0.3 is 19.1 Å². The number of halogens is 1. The summed E-state index contributed by atoms with van der Waals surface area (Å²) in [4.78, 5) is 16.0. The Morgan fingerprint density at radius 2 is 1.87 bits per heavy atom. The van der Waals surface area contributed by atoms with Crippen molar-refractivity contribution < 1.29 is 27.4 Å². The van der Waals surface area contributed by atoms with Crippen LogP contribution in [0.1, 0.15) is 93.1 Å². The molecule has 1 unspecified atom stereocenters. The van der Waals surface area contributed by atoms with E-state index in [4.69, 9.17) is 25.8 Å². The van der Waals surface area contributed by atoms with Gasteiger partial charge in [0.25, 0.3) is 5.91 Å². The topological polar surface area (TPSA) is 94.2 Å². The number of carbonyl (C=O) groups is 1. The van der Waals surface area contributed by atoms with E-state index in [-0.39, 0.29) is 16.7 Å². The van der Waals surface area contributed by atoms with E-state index in [9.17, 15) is 13.2 Å². The van der Waals surface area contributed by atoms with Gasteiger partial charge in [-0.2, -0.15) is 0 Å². The van der Waals surface area contributed by atoms with Gasteiger partial charge in [0, 0.05) is 43.3 Å². The van der Waals surface area contributed by atoms with Gasteiger partial charge in [-0.15, -0.1) is 0 Å². The van der Waals surface area contributed by atoms with Crippen molar-refractivity contribution in [3.63, 3.8) is 0 Å². The van der Waals surface area contributed by atoms with Crippen LogP contribution in [-0.2, 0) is 31.3 Å². The van der Waals surface area contributed by atoms with Gasteiger partial charge >= 0.3 is 0 Å². The first kappa shape index (κ1) is 33.6. The molecule has 2 aromatic carbocycles. The highest BCUT2D eigenvalue weighted by Crippen LogP contribution is 2.56. The molecule has 2 aliphatic heterocycles. The summed E-state index contributed by atoms with van der Waals surface area (Å²) in [7, 11) is -0.342. The molecule has 252 valence electrons. The second-order valence-corrected chi connectivity index (χ2v) is 16.9. The highest BCUT2D eigenvalue weighted by Gasteiger charge is 2.56. The fourth-order valence-electron chi connectivity index (χ4n) is 9.08. The average molecular weight is 673 g/mol. The number of hydrogen-bond acceptors (Lipinski definition) is 7. The molecule has 0 radical (unpaired) electrons. The van der Waals surface area contributed by atoms with Gasteiger partial charge in [-0.3, -0.25) is 4.79 Å². The summed E-state index contributed by atoms with van der Waals surface area (Å²) in [6.07, 6.45) is 8.30. The lowest BCUT2D eigenvalue weighted by molar-refractivity contribution is -0.174. The smallest absolute Gasteiger partial charge is 0.264 e. The normalized spacial score (nSPS) is 32.7. The molecule has 1 spiro atoms. The zero-order chi connectivity index (χ0) is 32.7. The largest absolute Gasteiger partial charge is 0.490 e. The van der Waals surface area contributed by atoms with Gasteiger partial charge in [-0.1, -0.05) is 44.4 Å². The summed E-state index contributed by atoms with van der Waals surface area (Å²) in [5, 5.41) is 0.0894. The molecule has 0 saturated heterocycles. The molecule has 1 saturated carbocycles. The van der Waals surface area contributed by atoms with Crippen LogP contribution in [-0.4, -0.2) is 65.7 Å². The second kappa shape index (κ2) is 12.9. The van der Waals surface area contributed by atoms with Crippen LogP contribution in [0.25, 0.3) is 0 Å². The first-order valence-electron chi connectivity index (χ1n) is 16.9. The van der Waals surface area contributed by atoms with Crippen LogP contribution in [0.2, 0.25) is 5.02 Å². The van der Waals surface area contributed by atoms with Crippen molar-refractivity contribution >= 4 is 33.2 Å². The molecule has 2 bridgehead atoms. The van der Waals surface area contributed by atoms with Crippen LogP contribution in [0.15, 0.2) is 36.4 Å². The maximum absolute atomic E-state index is 13.5. The van der Waals surface area contributed by atoms with Gasteiger partial charge in [-0.05, 0) is 104 Å². The Labute approximate surface area is 279 Å². The predicted octanol–water partition coefficient (Wildman–Crippen LogP) is 6.67. The van der Waals surface area contributed by atoms with Gasteiger partial charge in [0.2, 0.25) is 10.0 Å². The average Bonchev–Trinajstić information content (AvgIpc) is 3.16. The fourth-order valence-corrected chi connectivity index (χ4v) is 10.7. The molecular formula is C36H49ClN2O6S. The standard InChI is InChI=1S/C36H49ClN2O6S/c1-5-28-10-6-7-17-36(44-4,24-43-3)32-15-18-34(32,2)21-39-22-35(16-8-9-25-19-27(37)12-13-29(25)35)23-45-31-14-11-26(20-30(31)39)33(40)38-46(28,41)42/h11-14,19-20,28,32H,5-10,15-18,21-24H2,1-4H3,(H,38,40)/t28-,32-,34?,35+,36+/m1/s1. The molecule has 1 fully saturated rings. The number of amides is 1. The molecule has 2 aliphatic carbocycles. The summed E-state index contributed by atoms with van der Waals surface area (Å²) in [5.41, 5.74) is 2.85. The third-order valence-electron chi connectivity index (χ3n) is 11.6. The summed E-state index contributed by atoms with van der Waals surface area (Å²) in [6, 6.07) is 11.6. The summed E-state index contributed by atoms with van der Waals surface area (Å²) < 4.78 is 48.2. The lowest BCUT2D eigenvalue weighted by atomic mass is 9.54. The molecular weight excluding hydrogens is 624 g/mol. The van der Waals surface area contributed by atoms with Gasteiger partial charge in [0.1, 0.15) is 5.75 Å². The van der Waals surface area contributed by atoms with Gasteiger partial charge in [-0.25, -0.2) is 13.1 Å². The van der Waals surface area contributed by atoms with Crippen molar-refractivity contribution in [2.45, 2.75) is 94.3 Å². The highest BCUT2D eigenvalue weighted by molar-refractivity contribution is 7.90. The zero-order valence-electron chi connectivity index (χ0n) is 27.7. The molecule has 1 N–H and O–H groups in total. The van der Waals surface area contributed by atoms with E-state index in [2.05, 4.69) is 28.7 Å². The second-order valence-electron chi connectivity index (χ2n) is 14.5. The SMILES string of the molecule is CC[C@@H]1CCCC[C@@](COC)(OC)[C@@H]2CCC2(C)CN2C[C@@]3(CCCc4cc(Cl)ccc43)COc3ccc(cc32)C(=O)NS1(=O)=O. The predicted molar refractivity (Wildman–Crippen MR) is 182 cm³/mol. The first-order chi connectivity index (χ1) is 22.0. The molecule has 2 aromatic rings. The van der Waals surface area contributed by atoms with E-state index in [0.717, 1.165) is 68.6 Å². The number of nitrogens with zero attached hydrogens (tertiary/aromatic N) is 1. The monoisotopic (exact) mass is 672 g/mol. The molecule has 5 atom stereocenters. The number of fused-ring (bicyclic) bond motifs is 4. The van der Waals surface area contributed by atoms with Crippen molar-refractivity contribution in [3.8, 4) is 5.75 Å². The molecule has 6 rings (SSSR count). The number of rotatable bonds is 4. The van der Waals surface area contributed by atoms with E-state index in [1.165, 1.54) is 11.1 Å². The Kier molecular flexibility index (Phi) is 9.44. The van der Waals surface area contributed by atoms with Crippen molar-refractivity contribution in [2.75, 3.05) is 45.4 Å². The minimum Gasteiger partial charge on any atom is -0.490 e. The molecule has 0 aromatic heterocycles. The van der Waals surface area contributed by atoms with E-state index in [1.54, 1.807) is 20.3 Å². The fraction of sp³-hybridized carbons (Fsp3) is 0.639. The quantitative estimate of drug-likeness (QED) is 0.388. The lowest BCUT2D eigenvalue weighted by Crippen LogP contribution is -2.60. The third-order valence-corrected chi connectivity index (χ3v) is 13.8. The van der Waals surface area contributed by atoms with E-state index in [1.807, 2.05) is 25.1 Å². The van der Waals surface area contributed by atoms with Crippen LogP contribution in [0, 0.1) is 11.3 Å². The minimum atomic E-state index is -3.87. The number of carbonyl (C=O) groups excluding carboxylic acids is 1. The lowest BCUT2D eigenvalue weighted by Gasteiger charge is -2.58. The number of sulfonamides is 1. The Hall–Kier alpha value is -2.33. The van der Waals surface area contributed by atoms with E-state index < -0.39 is 26.8 Å². The van der Waals surface area contributed by atoms with Crippen LogP contribution in [0.3, 0.4) is 0 Å². The van der Waals surface area contributed by atoms with Crippen molar-refractivity contribution in [1.29, 1.82) is 0 Å². The minimum absolute atomic E-state index is 0.0839. The number of aryl methyl sites for hydroxylation is 1. The number of anilines is 1. The molecule has 1 amide bonds. The Morgan fingerprint density at radius 3 is 2.59 bits per heavy atom. The number of benzene rings is 2. The van der Waals surface area contributed by atoms with Crippen LogP contribution in [0.4, 0.5) is 5.69 Å². The number of hydrogen-bond donors (Lipinski definition) is 1. The molecule has 2 heterocycles. The van der Waals surface area contributed by atoms with E-state index >= 15 is 0 Å². The van der Waals surface area contributed by atoms with Crippen molar-refractivity contribution in [1.82, 2.24) is 4.72 Å². The van der Waals surface area contributed by atoms with Gasteiger partial charge in [0.15, 0.2) is 0 Å². The summed E-state index contributed by atoms with van der Waals surface area (Å²) in [6.45, 7) is 6.68. The Bertz CT molecular complexity index is 1570. The third kappa shape index (κ3) is 6.06. The van der Waals surface area contributed by atoms with Crippen molar-refractivity contribution in [3.05, 3.63) is 58.1 Å².